The molecule has 6 nitrogen and oxygen atoms in total. The van der Waals surface area contributed by atoms with Crippen LogP contribution in [0.1, 0.15) is 102 Å². The number of aromatic nitrogens is 2. The Kier molecular flexibility index (Phi) is 19.7. The zero-order valence-electron chi connectivity index (χ0n) is 25.8. The molecule has 0 atom stereocenters. The van der Waals surface area contributed by atoms with E-state index in [4.69, 9.17) is 5.73 Å². The molecular formula is C32H55N5O. The molecule has 2 aromatic rings. The maximum atomic E-state index is 10.0. The molecule has 38 heavy (non-hydrogen) atoms. The molecule has 214 valence electrons. The van der Waals surface area contributed by atoms with Gasteiger partial charge in [0.25, 0.3) is 0 Å². The Morgan fingerprint density at radius 1 is 1.03 bits per heavy atom. The number of aryl methyl sites for hydroxylation is 3. The van der Waals surface area contributed by atoms with Crippen LogP contribution in [-0.4, -0.2) is 41.9 Å². The lowest BCUT2D eigenvalue weighted by Gasteiger charge is -2.31. The van der Waals surface area contributed by atoms with Gasteiger partial charge in [-0.3, -0.25) is 9.97 Å². The average Bonchev–Trinajstić information content (AvgIpc) is 2.90. The number of rotatable bonds is 8. The molecule has 1 aliphatic rings. The number of anilines is 1. The number of nitrogens with two attached hydrogens (primary N) is 1. The van der Waals surface area contributed by atoms with Gasteiger partial charge in [0.1, 0.15) is 5.78 Å². The van der Waals surface area contributed by atoms with Crippen molar-refractivity contribution in [1.29, 1.82) is 0 Å². The molecular weight excluding hydrogens is 470 g/mol. The zero-order chi connectivity index (χ0) is 28.9. The summed E-state index contributed by atoms with van der Waals surface area (Å²) in [6.07, 6.45) is 12.1. The monoisotopic (exact) mass is 525 g/mol. The Bertz CT molecular complexity index is 945. The van der Waals surface area contributed by atoms with Gasteiger partial charge in [0.2, 0.25) is 0 Å². The minimum atomic E-state index is 0.289. The number of carbonyl (C=O) groups is 1. The number of ketones is 1. The first-order valence-electron chi connectivity index (χ1n) is 14.5. The summed E-state index contributed by atoms with van der Waals surface area (Å²) in [6.45, 7) is 22.5. The van der Waals surface area contributed by atoms with Crippen LogP contribution in [0.25, 0.3) is 6.08 Å². The second-order valence-electron chi connectivity index (χ2n) is 9.51. The number of pyridine rings is 2. The van der Waals surface area contributed by atoms with Crippen LogP contribution in [-0.2, 0) is 17.6 Å². The van der Waals surface area contributed by atoms with Crippen LogP contribution in [0.3, 0.4) is 0 Å². The van der Waals surface area contributed by atoms with Gasteiger partial charge < -0.3 is 20.7 Å². The summed E-state index contributed by atoms with van der Waals surface area (Å²) in [7, 11) is 0. The van der Waals surface area contributed by atoms with Gasteiger partial charge in [-0.05, 0) is 81.9 Å². The van der Waals surface area contributed by atoms with Gasteiger partial charge in [-0.25, -0.2) is 0 Å². The minimum Gasteiger partial charge on any atom is -0.402 e. The van der Waals surface area contributed by atoms with Crippen molar-refractivity contribution in [2.45, 2.75) is 101 Å². The standard InChI is InChI=1S/C13H21N3.C12H18N2.C5H10O.C2H6/c1-3-4-12-11(2)15-6-5-13(12)16-9-7-14-8-10-16;1-4-5-11-7-12(6-10(3)13)14-8-9(11)2;1-3-4-5(2)6;1-2/h5-6,14H,3-4,7-10H2,1-2H3;6-8H,4-5,13H2,1-3H3;3-4H2,1-2H3;1-2H3/b;10-6-;;. The molecule has 1 aliphatic heterocycles. The third kappa shape index (κ3) is 14.3. The van der Waals surface area contributed by atoms with E-state index in [1.165, 1.54) is 34.5 Å². The van der Waals surface area contributed by atoms with Crippen LogP contribution in [0, 0.1) is 13.8 Å². The Hall–Kier alpha value is -2.73. The largest absolute Gasteiger partial charge is 0.402 e. The van der Waals surface area contributed by atoms with Crippen LogP contribution >= 0.6 is 0 Å². The van der Waals surface area contributed by atoms with Crippen LogP contribution < -0.4 is 16.0 Å². The van der Waals surface area contributed by atoms with E-state index in [0.717, 1.165) is 69.7 Å². The highest BCUT2D eigenvalue weighted by Gasteiger charge is 2.15. The normalized spacial score (nSPS) is 12.8. The first-order chi connectivity index (χ1) is 18.2. The summed E-state index contributed by atoms with van der Waals surface area (Å²) in [5, 5.41) is 3.39. The van der Waals surface area contributed by atoms with Gasteiger partial charge in [-0.1, -0.05) is 47.5 Å². The molecule has 0 radical (unpaired) electrons. The van der Waals surface area contributed by atoms with Crippen molar-refractivity contribution in [3.63, 3.8) is 0 Å². The van der Waals surface area contributed by atoms with Crippen molar-refractivity contribution < 1.29 is 4.79 Å². The van der Waals surface area contributed by atoms with Gasteiger partial charge in [0.15, 0.2) is 0 Å². The van der Waals surface area contributed by atoms with E-state index in [1.807, 2.05) is 46.2 Å². The van der Waals surface area contributed by atoms with Crippen molar-refractivity contribution in [2.75, 3.05) is 31.1 Å². The molecule has 0 amide bonds. The maximum Gasteiger partial charge on any atom is 0.129 e. The van der Waals surface area contributed by atoms with E-state index in [9.17, 15) is 4.79 Å². The predicted molar refractivity (Wildman–Crippen MR) is 166 cm³/mol. The van der Waals surface area contributed by atoms with Crippen molar-refractivity contribution >= 4 is 17.5 Å². The molecule has 0 unspecified atom stereocenters. The average molecular weight is 526 g/mol. The summed E-state index contributed by atoms with van der Waals surface area (Å²) in [6, 6.07) is 4.29. The Labute approximate surface area is 233 Å². The fraction of sp³-hybridized carbons (Fsp3) is 0.594. The second kappa shape index (κ2) is 21.2. The van der Waals surface area contributed by atoms with E-state index in [1.54, 1.807) is 6.92 Å². The first kappa shape index (κ1) is 35.3. The number of carbonyl (C=O) groups excluding carboxylic acids is 1. The van der Waals surface area contributed by atoms with E-state index in [0.29, 0.717) is 0 Å². The zero-order valence-corrected chi connectivity index (χ0v) is 25.8. The van der Waals surface area contributed by atoms with Gasteiger partial charge in [-0.2, -0.15) is 0 Å². The maximum absolute atomic E-state index is 10.0. The number of hydrogen-bond donors (Lipinski definition) is 2. The van der Waals surface area contributed by atoms with Crippen molar-refractivity contribution in [1.82, 2.24) is 15.3 Å². The quantitative estimate of drug-likeness (QED) is 0.394. The van der Waals surface area contributed by atoms with Crippen molar-refractivity contribution in [3.05, 3.63) is 58.3 Å². The summed E-state index contributed by atoms with van der Waals surface area (Å²) < 4.78 is 0. The predicted octanol–water partition coefficient (Wildman–Crippen LogP) is 6.82. The molecule has 0 saturated carbocycles. The summed E-state index contributed by atoms with van der Waals surface area (Å²) >= 11 is 0. The minimum absolute atomic E-state index is 0.289. The number of hydrogen-bond acceptors (Lipinski definition) is 6. The SMILES string of the molecule is CC.CCCC(C)=O.CCCc1c(N2CCNCC2)ccnc1C.CCCc1cc(/C=C(/C)N)ncc1C. The van der Waals surface area contributed by atoms with Gasteiger partial charge in [0.05, 0.1) is 5.69 Å². The van der Waals surface area contributed by atoms with Crippen LogP contribution in [0.15, 0.2) is 30.2 Å². The van der Waals surface area contributed by atoms with Crippen LogP contribution in [0.5, 0.6) is 0 Å². The van der Waals surface area contributed by atoms with Gasteiger partial charge in [-0.15, -0.1) is 0 Å². The summed E-state index contributed by atoms with van der Waals surface area (Å²) in [5.41, 5.74) is 14.0. The summed E-state index contributed by atoms with van der Waals surface area (Å²) in [4.78, 5) is 21.2. The van der Waals surface area contributed by atoms with E-state index >= 15 is 0 Å². The lowest BCUT2D eigenvalue weighted by Crippen LogP contribution is -2.44. The molecule has 3 rings (SSSR count). The topological polar surface area (TPSA) is 84.1 Å². The Balaban J connectivity index is 0.000000570. The van der Waals surface area contributed by atoms with E-state index in [-0.39, 0.29) is 5.78 Å². The molecule has 3 N–H and O–H groups in total. The highest BCUT2D eigenvalue weighted by Crippen LogP contribution is 2.24. The number of piperazine rings is 1. The smallest absolute Gasteiger partial charge is 0.129 e. The highest BCUT2D eigenvalue weighted by atomic mass is 16.1. The molecule has 2 aromatic heterocycles. The number of nitrogens with zero attached hydrogens (tertiary/aromatic N) is 3. The molecule has 6 heteroatoms. The van der Waals surface area contributed by atoms with Gasteiger partial charge >= 0.3 is 0 Å². The molecule has 0 bridgehead atoms. The highest BCUT2D eigenvalue weighted by molar-refractivity contribution is 5.75. The van der Waals surface area contributed by atoms with Crippen molar-refractivity contribution in [2.24, 2.45) is 5.73 Å². The molecule has 1 saturated heterocycles. The second-order valence-corrected chi connectivity index (χ2v) is 9.51. The Morgan fingerprint density at radius 3 is 2.16 bits per heavy atom. The lowest BCUT2D eigenvalue weighted by molar-refractivity contribution is -0.117. The van der Waals surface area contributed by atoms with E-state index in [2.05, 4.69) is 60.0 Å². The van der Waals surface area contributed by atoms with Crippen molar-refractivity contribution in [3.8, 4) is 0 Å². The number of nitrogens with one attached hydrogen (secondary N) is 1. The van der Waals surface area contributed by atoms with Crippen LogP contribution in [0.4, 0.5) is 5.69 Å². The molecule has 0 spiro atoms. The molecule has 0 aromatic carbocycles. The molecule has 3 heterocycles. The molecule has 1 fully saturated rings. The third-order valence-corrected chi connectivity index (χ3v) is 5.94. The fourth-order valence-corrected chi connectivity index (χ4v) is 4.13. The lowest BCUT2D eigenvalue weighted by atomic mass is 10.1. The third-order valence-electron chi connectivity index (χ3n) is 5.94. The number of Topliss-reactive ketones (excluding diaryl/α,β-unsaturated/α-hetero) is 1. The Morgan fingerprint density at radius 2 is 1.66 bits per heavy atom. The van der Waals surface area contributed by atoms with E-state index < -0.39 is 0 Å². The number of allylic oxidation sites excluding steroid dienone is 1. The fourth-order valence-electron chi connectivity index (χ4n) is 4.13. The van der Waals surface area contributed by atoms with Gasteiger partial charge in [0, 0.05) is 62.1 Å². The molecule has 0 aliphatic carbocycles. The first-order valence-corrected chi connectivity index (χ1v) is 14.5. The summed E-state index contributed by atoms with van der Waals surface area (Å²) in [5.74, 6) is 0.289. The van der Waals surface area contributed by atoms with Crippen LogP contribution in [0.2, 0.25) is 0 Å².